The second-order valence-electron chi connectivity index (χ2n) is 7.01. The number of hydrogen-bond donors (Lipinski definition) is 2. The highest BCUT2D eigenvalue weighted by Crippen LogP contribution is 2.30. The van der Waals surface area contributed by atoms with Gasteiger partial charge in [-0.1, -0.05) is 12.1 Å². The molecule has 2 aromatic rings. The van der Waals surface area contributed by atoms with E-state index in [9.17, 15) is 9.59 Å². The molecule has 0 saturated carbocycles. The summed E-state index contributed by atoms with van der Waals surface area (Å²) < 4.78 is 16.1. The first-order valence-electron chi connectivity index (χ1n) is 9.96. The summed E-state index contributed by atoms with van der Waals surface area (Å²) in [6, 6.07) is 6.96. The predicted octanol–water partition coefficient (Wildman–Crippen LogP) is 2.83. The molecule has 160 valence electrons. The van der Waals surface area contributed by atoms with Gasteiger partial charge in [0.05, 0.1) is 18.4 Å². The molecule has 1 aromatic heterocycles. The van der Waals surface area contributed by atoms with Crippen molar-refractivity contribution in [3.63, 3.8) is 0 Å². The second kappa shape index (κ2) is 10.1. The van der Waals surface area contributed by atoms with E-state index < -0.39 is 0 Å². The molecule has 0 bridgehead atoms. The van der Waals surface area contributed by atoms with Crippen LogP contribution in [0.5, 0.6) is 5.75 Å². The number of nitrogens with one attached hydrogen (secondary N) is 2. The van der Waals surface area contributed by atoms with E-state index in [-0.39, 0.29) is 11.8 Å². The van der Waals surface area contributed by atoms with E-state index in [1.807, 2.05) is 6.92 Å². The van der Waals surface area contributed by atoms with Crippen molar-refractivity contribution in [1.29, 1.82) is 0 Å². The third-order valence-corrected chi connectivity index (χ3v) is 4.99. The molecule has 0 unspecified atom stereocenters. The Morgan fingerprint density at radius 2 is 1.97 bits per heavy atom. The average Bonchev–Trinajstić information content (AvgIpc) is 3.12. The SMILES string of the molecule is COCCCNC(=O)c1oc2c(c1C)/C(=N/NC(=O)c1ccccc1OC)CCC2. The molecule has 0 saturated heterocycles. The highest BCUT2D eigenvalue weighted by molar-refractivity contribution is 6.07. The first-order valence-corrected chi connectivity index (χ1v) is 9.96. The van der Waals surface area contributed by atoms with Crippen LogP contribution in [0.2, 0.25) is 0 Å². The van der Waals surface area contributed by atoms with Gasteiger partial charge in [-0.3, -0.25) is 9.59 Å². The molecular weight excluding hydrogens is 386 g/mol. The van der Waals surface area contributed by atoms with Gasteiger partial charge >= 0.3 is 0 Å². The first-order chi connectivity index (χ1) is 14.6. The number of hydrazone groups is 1. The quantitative estimate of drug-likeness (QED) is 0.512. The van der Waals surface area contributed by atoms with E-state index in [1.54, 1.807) is 31.4 Å². The van der Waals surface area contributed by atoms with Crippen LogP contribution in [-0.2, 0) is 11.2 Å². The smallest absolute Gasteiger partial charge is 0.287 e. The molecule has 2 amide bonds. The zero-order valence-corrected chi connectivity index (χ0v) is 17.5. The van der Waals surface area contributed by atoms with Gasteiger partial charge in [0, 0.05) is 37.8 Å². The normalized spacial score (nSPS) is 14.3. The Kier molecular flexibility index (Phi) is 7.24. The third-order valence-electron chi connectivity index (χ3n) is 4.99. The lowest BCUT2D eigenvalue weighted by molar-refractivity contribution is 0.0916. The van der Waals surface area contributed by atoms with Crippen molar-refractivity contribution in [2.75, 3.05) is 27.4 Å². The lowest BCUT2D eigenvalue weighted by atomic mass is 9.93. The molecule has 30 heavy (non-hydrogen) atoms. The molecule has 1 heterocycles. The van der Waals surface area contributed by atoms with Crippen molar-refractivity contribution in [2.45, 2.75) is 32.6 Å². The van der Waals surface area contributed by atoms with Crippen LogP contribution in [0.1, 0.15) is 57.1 Å². The molecule has 1 aromatic carbocycles. The Hall–Kier alpha value is -3.13. The molecule has 0 aliphatic heterocycles. The van der Waals surface area contributed by atoms with Crippen molar-refractivity contribution < 1.29 is 23.5 Å². The largest absolute Gasteiger partial charge is 0.496 e. The standard InChI is InChI=1S/C22H27N3O5/c1-14-19-16(24-25-21(26)15-8-4-5-10-17(15)29-3)9-6-11-18(19)30-20(14)22(27)23-12-7-13-28-2/h4-5,8,10H,6-7,9,11-13H2,1-3H3,(H,23,27)(H,25,26)/b24-16+. The number of fused-ring (bicyclic) bond motifs is 1. The molecule has 0 fully saturated rings. The molecule has 2 N–H and O–H groups in total. The highest BCUT2D eigenvalue weighted by atomic mass is 16.5. The van der Waals surface area contributed by atoms with Crippen LogP contribution in [0.15, 0.2) is 33.8 Å². The first kappa shape index (κ1) is 21.6. The molecule has 0 radical (unpaired) electrons. The van der Waals surface area contributed by atoms with Gasteiger partial charge in [-0.05, 0) is 38.3 Å². The number of rotatable bonds is 8. The maximum absolute atomic E-state index is 12.6. The summed E-state index contributed by atoms with van der Waals surface area (Å²) in [5, 5.41) is 7.20. The number of ether oxygens (including phenoxy) is 2. The monoisotopic (exact) mass is 413 g/mol. The zero-order chi connectivity index (χ0) is 21.5. The summed E-state index contributed by atoms with van der Waals surface area (Å²) >= 11 is 0. The topological polar surface area (TPSA) is 102 Å². The lowest BCUT2D eigenvalue weighted by Gasteiger charge is -2.14. The Bertz CT molecular complexity index is 948. The summed E-state index contributed by atoms with van der Waals surface area (Å²) in [6.45, 7) is 2.93. The molecule has 0 atom stereocenters. The lowest BCUT2D eigenvalue weighted by Crippen LogP contribution is -2.25. The van der Waals surface area contributed by atoms with Crippen LogP contribution in [0.25, 0.3) is 0 Å². The molecule has 8 heteroatoms. The number of para-hydroxylation sites is 1. The van der Waals surface area contributed by atoms with Crippen molar-refractivity contribution in [3.8, 4) is 5.75 Å². The van der Waals surface area contributed by atoms with Crippen LogP contribution >= 0.6 is 0 Å². The van der Waals surface area contributed by atoms with Gasteiger partial charge < -0.3 is 19.2 Å². The minimum absolute atomic E-state index is 0.254. The van der Waals surface area contributed by atoms with E-state index in [0.29, 0.717) is 42.4 Å². The maximum atomic E-state index is 12.6. The fourth-order valence-corrected chi connectivity index (χ4v) is 3.51. The fourth-order valence-electron chi connectivity index (χ4n) is 3.51. The molecule has 1 aliphatic rings. The maximum Gasteiger partial charge on any atom is 0.287 e. The molecule has 0 spiro atoms. The van der Waals surface area contributed by atoms with Gasteiger partial charge in [0.1, 0.15) is 11.5 Å². The fraction of sp³-hybridized carbons (Fsp3) is 0.409. The number of amides is 2. The number of benzene rings is 1. The number of methoxy groups -OCH3 is 2. The number of carbonyl (C=O) groups excluding carboxylic acids is 2. The van der Waals surface area contributed by atoms with E-state index in [1.165, 1.54) is 7.11 Å². The van der Waals surface area contributed by atoms with E-state index >= 15 is 0 Å². The van der Waals surface area contributed by atoms with Crippen molar-refractivity contribution >= 4 is 17.5 Å². The number of nitrogens with zero attached hydrogens (tertiary/aromatic N) is 1. The van der Waals surface area contributed by atoms with E-state index in [4.69, 9.17) is 13.9 Å². The number of carbonyl (C=O) groups is 2. The molecule has 8 nitrogen and oxygen atoms in total. The van der Waals surface area contributed by atoms with Gasteiger partial charge in [-0.25, -0.2) is 5.43 Å². The summed E-state index contributed by atoms with van der Waals surface area (Å²) in [6.07, 6.45) is 2.97. The number of hydrogen-bond acceptors (Lipinski definition) is 6. The highest BCUT2D eigenvalue weighted by Gasteiger charge is 2.28. The minimum atomic E-state index is -0.357. The van der Waals surface area contributed by atoms with Crippen LogP contribution < -0.4 is 15.5 Å². The van der Waals surface area contributed by atoms with Gasteiger partial charge in [0.25, 0.3) is 11.8 Å². The van der Waals surface area contributed by atoms with Gasteiger partial charge in [0.15, 0.2) is 5.76 Å². The molecule has 3 rings (SSSR count). The number of furan rings is 1. The summed E-state index contributed by atoms with van der Waals surface area (Å²) in [5.74, 6) is 0.889. The Morgan fingerprint density at radius 1 is 1.17 bits per heavy atom. The summed E-state index contributed by atoms with van der Waals surface area (Å²) in [4.78, 5) is 25.1. The van der Waals surface area contributed by atoms with Gasteiger partial charge in [-0.2, -0.15) is 5.10 Å². The predicted molar refractivity (Wildman–Crippen MR) is 112 cm³/mol. The van der Waals surface area contributed by atoms with Crippen LogP contribution in [0.4, 0.5) is 0 Å². The van der Waals surface area contributed by atoms with Crippen molar-refractivity contribution in [1.82, 2.24) is 10.7 Å². The molecular formula is C22H27N3O5. The summed E-state index contributed by atoms with van der Waals surface area (Å²) in [5.41, 5.74) is 5.27. The van der Waals surface area contributed by atoms with Crippen LogP contribution in [0.3, 0.4) is 0 Å². The zero-order valence-electron chi connectivity index (χ0n) is 17.5. The average molecular weight is 413 g/mol. The van der Waals surface area contributed by atoms with Crippen LogP contribution in [-0.4, -0.2) is 44.9 Å². The van der Waals surface area contributed by atoms with Crippen molar-refractivity contribution in [2.24, 2.45) is 5.10 Å². The minimum Gasteiger partial charge on any atom is -0.496 e. The molecule has 1 aliphatic carbocycles. The van der Waals surface area contributed by atoms with Crippen molar-refractivity contribution in [3.05, 3.63) is 52.5 Å². The number of aryl methyl sites for hydroxylation is 1. The Balaban J connectivity index is 1.77. The van der Waals surface area contributed by atoms with Gasteiger partial charge in [-0.15, -0.1) is 0 Å². The summed E-state index contributed by atoms with van der Waals surface area (Å²) in [7, 11) is 3.14. The van der Waals surface area contributed by atoms with Gasteiger partial charge in [0.2, 0.25) is 0 Å². The second-order valence-corrected chi connectivity index (χ2v) is 7.01. The Labute approximate surface area is 175 Å². The Morgan fingerprint density at radius 3 is 2.73 bits per heavy atom. The van der Waals surface area contributed by atoms with Crippen LogP contribution in [0, 0.1) is 6.92 Å². The van der Waals surface area contributed by atoms with E-state index in [0.717, 1.165) is 36.1 Å². The van der Waals surface area contributed by atoms with E-state index in [2.05, 4.69) is 15.8 Å². The third kappa shape index (κ3) is 4.71.